The van der Waals surface area contributed by atoms with E-state index in [9.17, 15) is 14.0 Å². The van der Waals surface area contributed by atoms with Gasteiger partial charge in [-0.05, 0) is 36.8 Å². The van der Waals surface area contributed by atoms with Crippen LogP contribution in [0.4, 0.5) is 20.6 Å². The van der Waals surface area contributed by atoms with E-state index in [0.29, 0.717) is 18.7 Å². The highest BCUT2D eigenvalue weighted by Crippen LogP contribution is 2.22. The molecule has 124 valence electrons. The molecule has 1 atom stereocenters. The highest BCUT2D eigenvalue weighted by Gasteiger charge is 2.33. The third-order valence-electron chi connectivity index (χ3n) is 3.76. The molecule has 2 aromatic rings. The number of hydrogen-bond acceptors (Lipinski definition) is 2. The topological polar surface area (TPSA) is 61.4 Å². The zero-order chi connectivity index (χ0) is 17.1. The van der Waals surface area contributed by atoms with E-state index in [1.165, 1.54) is 12.1 Å². The van der Waals surface area contributed by atoms with Gasteiger partial charge in [-0.1, -0.05) is 29.8 Å². The molecular formula is C17H15ClFN3O2. The lowest BCUT2D eigenvalue weighted by atomic mass is 10.2. The molecule has 1 unspecified atom stereocenters. The van der Waals surface area contributed by atoms with Gasteiger partial charge in [0.2, 0.25) is 5.91 Å². The average molecular weight is 348 g/mol. The SMILES string of the molecule is O=C(Nc1ccc(F)c(Cl)c1)NC1CCN(c2ccccc2)C1=O. The molecule has 2 aromatic carbocycles. The predicted octanol–water partition coefficient (Wildman–Crippen LogP) is 3.41. The lowest BCUT2D eigenvalue weighted by molar-refractivity contribution is -0.118. The third-order valence-corrected chi connectivity index (χ3v) is 4.05. The number of nitrogens with zero attached hydrogens (tertiary/aromatic N) is 1. The van der Waals surface area contributed by atoms with Crippen molar-refractivity contribution < 1.29 is 14.0 Å². The summed E-state index contributed by atoms with van der Waals surface area (Å²) in [6, 6.07) is 12.0. The van der Waals surface area contributed by atoms with Crippen LogP contribution in [0.2, 0.25) is 5.02 Å². The second kappa shape index (κ2) is 6.88. The van der Waals surface area contributed by atoms with Crippen molar-refractivity contribution in [2.45, 2.75) is 12.5 Å². The van der Waals surface area contributed by atoms with E-state index in [0.717, 1.165) is 11.8 Å². The molecule has 0 aliphatic carbocycles. The van der Waals surface area contributed by atoms with Gasteiger partial charge in [-0.3, -0.25) is 4.79 Å². The summed E-state index contributed by atoms with van der Waals surface area (Å²) in [5, 5.41) is 5.09. The molecule has 1 fully saturated rings. The first kappa shape index (κ1) is 16.3. The molecule has 1 heterocycles. The predicted molar refractivity (Wildman–Crippen MR) is 90.8 cm³/mol. The quantitative estimate of drug-likeness (QED) is 0.893. The van der Waals surface area contributed by atoms with Crippen molar-refractivity contribution in [2.75, 3.05) is 16.8 Å². The summed E-state index contributed by atoms with van der Waals surface area (Å²) >= 11 is 5.67. The molecule has 7 heteroatoms. The first-order valence-electron chi connectivity index (χ1n) is 7.43. The molecule has 0 saturated carbocycles. The summed E-state index contributed by atoms with van der Waals surface area (Å²) in [7, 11) is 0. The molecular weight excluding hydrogens is 333 g/mol. The summed E-state index contributed by atoms with van der Waals surface area (Å²) in [6.45, 7) is 0.538. The van der Waals surface area contributed by atoms with Crippen LogP contribution in [0, 0.1) is 5.82 Å². The Bertz CT molecular complexity index is 770. The summed E-state index contributed by atoms with van der Waals surface area (Å²) < 4.78 is 13.1. The maximum Gasteiger partial charge on any atom is 0.319 e. The molecule has 0 bridgehead atoms. The van der Waals surface area contributed by atoms with Gasteiger partial charge >= 0.3 is 6.03 Å². The van der Waals surface area contributed by atoms with Crippen LogP contribution < -0.4 is 15.5 Å². The van der Waals surface area contributed by atoms with Crippen molar-refractivity contribution in [1.29, 1.82) is 0 Å². The number of nitrogens with one attached hydrogen (secondary N) is 2. The van der Waals surface area contributed by atoms with E-state index in [1.54, 1.807) is 4.90 Å². The number of anilines is 2. The van der Waals surface area contributed by atoms with E-state index in [4.69, 9.17) is 11.6 Å². The Hall–Kier alpha value is -2.60. The highest BCUT2D eigenvalue weighted by atomic mass is 35.5. The van der Waals surface area contributed by atoms with Crippen molar-refractivity contribution in [3.8, 4) is 0 Å². The second-order valence-electron chi connectivity index (χ2n) is 5.39. The molecule has 3 amide bonds. The lowest BCUT2D eigenvalue weighted by Crippen LogP contribution is -2.43. The van der Waals surface area contributed by atoms with Gasteiger partial charge in [-0.15, -0.1) is 0 Å². The molecule has 2 N–H and O–H groups in total. The van der Waals surface area contributed by atoms with E-state index in [-0.39, 0.29) is 10.9 Å². The minimum Gasteiger partial charge on any atom is -0.326 e. The van der Waals surface area contributed by atoms with E-state index in [1.807, 2.05) is 30.3 Å². The monoisotopic (exact) mass is 347 g/mol. The first-order valence-corrected chi connectivity index (χ1v) is 7.81. The molecule has 1 aliphatic heterocycles. The van der Waals surface area contributed by atoms with Gasteiger partial charge in [0.05, 0.1) is 5.02 Å². The summed E-state index contributed by atoms with van der Waals surface area (Å²) in [6.07, 6.45) is 0.519. The number of hydrogen-bond donors (Lipinski definition) is 2. The molecule has 5 nitrogen and oxygen atoms in total. The Morgan fingerprint density at radius 2 is 1.96 bits per heavy atom. The maximum atomic E-state index is 13.1. The Labute approximate surface area is 143 Å². The minimum atomic E-state index is -0.596. The number of halogens is 2. The fourth-order valence-electron chi connectivity index (χ4n) is 2.58. The molecule has 0 aromatic heterocycles. The number of urea groups is 1. The van der Waals surface area contributed by atoms with Gasteiger partial charge in [0.1, 0.15) is 11.9 Å². The Balaban J connectivity index is 1.61. The van der Waals surface area contributed by atoms with Crippen LogP contribution in [0.5, 0.6) is 0 Å². The van der Waals surface area contributed by atoms with Gasteiger partial charge in [0.25, 0.3) is 0 Å². The number of benzene rings is 2. The zero-order valence-electron chi connectivity index (χ0n) is 12.6. The van der Waals surface area contributed by atoms with Crippen molar-refractivity contribution in [3.63, 3.8) is 0 Å². The largest absolute Gasteiger partial charge is 0.326 e. The van der Waals surface area contributed by atoms with Gasteiger partial charge in [0, 0.05) is 17.9 Å². The van der Waals surface area contributed by atoms with Crippen LogP contribution in [0.1, 0.15) is 6.42 Å². The maximum absolute atomic E-state index is 13.1. The van der Waals surface area contributed by atoms with Crippen molar-refractivity contribution >= 4 is 34.9 Å². The first-order chi connectivity index (χ1) is 11.5. The number of rotatable bonds is 3. The molecule has 24 heavy (non-hydrogen) atoms. The Kier molecular flexibility index (Phi) is 4.66. The van der Waals surface area contributed by atoms with Gasteiger partial charge in [-0.2, -0.15) is 0 Å². The summed E-state index contributed by atoms with van der Waals surface area (Å²) in [4.78, 5) is 26.1. The van der Waals surface area contributed by atoms with Crippen molar-refractivity contribution in [3.05, 3.63) is 59.4 Å². The van der Waals surface area contributed by atoms with Gasteiger partial charge in [-0.25, -0.2) is 9.18 Å². The molecule has 3 rings (SSSR count). The van der Waals surface area contributed by atoms with Crippen LogP contribution in [-0.4, -0.2) is 24.5 Å². The van der Waals surface area contributed by atoms with Gasteiger partial charge in [0.15, 0.2) is 0 Å². The fourth-order valence-corrected chi connectivity index (χ4v) is 2.76. The van der Waals surface area contributed by atoms with Crippen LogP contribution >= 0.6 is 11.6 Å². The standard InChI is InChI=1S/C17H15ClFN3O2/c18-13-10-11(6-7-14(13)19)20-17(24)21-15-8-9-22(16(15)23)12-4-2-1-3-5-12/h1-7,10,15H,8-9H2,(H2,20,21,24). The van der Waals surface area contributed by atoms with Gasteiger partial charge < -0.3 is 15.5 Å². The molecule has 1 aliphatic rings. The average Bonchev–Trinajstić information content (AvgIpc) is 2.92. The lowest BCUT2D eigenvalue weighted by Gasteiger charge is -2.17. The molecule has 1 saturated heterocycles. The molecule has 0 spiro atoms. The normalized spacial score (nSPS) is 17.0. The van der Waals surface area contributed by atoms with E-state index in [2.05, 4.69) is 10.6 Å². The van der Waals surface area contributed by atoms with E-state index >= 15 is 0 Å². The van der Waals surface area contributed by atoms with Crippen LogP contribution in [-0.2, 0) is 4.79 Å². The summed E-state index contributed by atoms with van der Waals surface area (Å²) in [5.74, 6) is -0.722. The molecule has 0 radical (unpaired) electrons. The fraction of sp³-hybridized carbons (Fsp3) is 0.176. The van der Waals surface area contributed by atoms with Crippen LogP contribution in [0.3, 0.4) is 0 Å². The zero-order valence-corrected chi connectivity index (χ0v) is 13.4. The Morgan fingerprint density at radius 3 is 2.67 bits per heavy atom. The summed E-state index contributed by atoms with van der Waals surface area (Å²) in [5.41, 5.74) is 1.15. The van der Waals surface area contributed by atoms with Crippen molar-refractivity contribution in [2.24, 2.45) is 0 Å². The number of amides is 3. The van der Waals surface area contributed by atoms with Crippen LogP contribution in [0.15, 0.2) is 48.5 Å². The number of carbonyl (C=O) groups excluding carboxylic acids is 2. The second-order valence-corrected chi connectivity index (χ2v) is 5.80. The third kappa shape index (κ3) is 3.49. The number of carbonyl (C=O) groups is 2. The highest BCUT2D eigenvalue weighted by molar-refractivity contribution is 6.31. The smallest absolute Gasteiger partial charge is 0.319 e. The van der Waals surface area contributed by atoms with Crippen LogP contribution in [0.25, 0.3) is 0 Å². The minimum absolute atomic E-state index is 0.0833. The number of para-hydroxylation sites is 1. The van der Waals surface area contributed by atoms with E-state index < -0.39 is 17.9 Å². The Morgan fingerprint density at radius 1 is 1.21 bits per heavy atom. The van der Waals surface area contributed by atoms with Crippen molar-refractivity contribution in [1.82, 2.24) is 5.32 Å².